The van der Waals surface area contributed by atoms with Gasteiger partial charge in [0.15, 0.2) is 0 Å². The van der Waals surface area contributed by atoms with Crippen LogP contribution >= 0.6 is 11.3 Å². The Hall–Kier alpha value is -2.47. The topological polar surface area (TPSA) is 40.6 Å². The maximum absolute atomic E-state index is 13.1. The number of hydrogen-bond acceptors (Lipinski definition) is 3. The van der Waals surface area contributed by atoms with E-state index >= 15 is 0 Å². The molecule has 4 nitrogen and oxygen atoms in total. The fourth-order valence-corrected chi connectivity index (χ4v) is 3.26. The number of carbonyl (C=O) groups excluding carboxylic acids is 2. The van der Waals surface area contributed by atoms with Gasteiger partial charge in [0.1, 0.15) is 5.82 Å². The second kappa shape index (κ2) is 7.40. The first-order valence-electron chi connectivity index (χ1n) is 7.69. The molecule has 2 aromatic rings. The summed E-state index contributed by atoms with van der Waals surface area (Å²) in [5, 5.41) is 1.88. The zero-order valence-electron chi connectivity index (χ0n) is 13.0. The van der Waals surface area contributed by atoms with Crippen molar-refractivity contribution in [1.29, 1.82) is 0 Å². The molecule has 6 heteroatoms. The molecule has 0 bridgehead atoms. The standard InChI is InChI=1S/C18H17FN2O2S/c19-15-4-1-3-14(13-15)6-7-17(22)20-8-10-21(11-9-20)18(23)16-5-2-12-24-16/h1-7,12-13H,8-11H2/b7-6+. The van der Waals surface area contributed by atoms with Gasteiger partial charge in [0.25, 0.3) is 5.91 Å². The van der Waals surface area contributed by atoms with Crippen molar-refractivity contribution in [2.24, 2.45) is 0 Å². The lowest BCUT2D eigenvalue weighted by Gasteiger charge is -2.34. The number of rotatable bonds is 3. The number of piperazine rings is 1. The summed E-state index contributed by atoms with van der Waals surface area (Å²) in [7, 11) is 0. The fourth-order valence-electron chi connectivity index (χ4n) is 2.57. The molecule has 1 aliphatic heterocycles. The number of carbonyl (C=O) groups is 2. The van der Waals surface area contributed by atoms with Crippen molar-refractivity contribution in [1.82, 2.24) is 9.80 Å². The smallest absolute Gasteiger partial charge is 0.264 e. The molecule has 0 aliphatic carbocycles. The predicted octanol–water partition coefficient (Wildman–Crippen LogP) is 2.89. The Kier molecular flexibility index (Phi) is 5.05. The summed E-state index contributed by atoms with van der Waals surface area (Å²) in [4.78, 5) is 28.7. The molecule has 1 saturated heterocycles. The molecule has 24 heavy (non-hydrogen) atoms. The van der Waals surface area contributed by atoms with E-state index < -0.39 is 0 Å². The first-order valence-corrected chi connectivity index (χ1v) is 8.57. The molecular formula is C18H17FN2O2S. The van der Waals surface area contributed by atoms with Crippen LogP contribution in [0.15, 0.2) is 47.9 Å². The third-order valence-electron chi connectivity index (χ3n) is 3.88. The van der Waals surface area contributed by atoms with Crippen LogP contribution in [0, 0.1) is 5.82 Å². The average Bonchev–Trinajstić information content (AvgIpc) is 3.14. The second-order valence-electron chi connectivity index (χ2n) is 5.48. The number of amides is 2. The van der Waals surface area contributed by atoms with Gasteiger partial charge in [-0.2, -0.15) is 0 Å². The maximum atomic E-state index is 13.1. The van der Waals surface area contributed by atoms with Crippen LogP contribution in [0.1, 0.15) is 15.2 Å². The number of benzene rings is 1. The van der Waals surface area contributed by atoms with E-state index in [0.717, 1.165) is 4.88 Å². The Bertz CT molecular complexity index is 750. The van der Waals surface area contributed by atoms with Crippen molar-refractivity contribution in [3.05, 3.63) is 64.1 Å². The predicted molar refractivity (Wildman–Crippen MR) is 92.2 cm³/mol. The third kappa shape index (κ3) is 3.89. The summed E-state index contributed by atoms with van der Waals surface area (Å²) in [6.07, 6.45) is 3.06. The molecule has 2 amide bonds. The zero-order valence-corrected chi connectivity index (χ0v) is 13.8. The molecule has 3 rings (SSSR count). The van der Waals surface area contributed by atoms with Crippen molar-refractivity contribution >= 4 is 29.2 Å². The van der Waals surface area contributed by atoms with Crippen LogP contribution in [-0.2, 0) is 4.79 Å². The second-order valence-corrected chi connectivity index (χ2v) is 6.43. The van der Waals surface area contributed by atoms with Crippen LogP contribution in [0.3, 0.4) is 0 Å². The Morgan fingerprint density at radius 2 is 1.79 bits per heavy atom. The Morgan fingerprint density at radius 3 is 2.46 bits per heavy atom. The van der Waals surface area contributed by atoms with Crippen molar-refractivity contribution in [2.45, 2.75) is 0 Å². The molecule has 0 spiro atoms. The van der Waals surface area contributed by atoms with Crippen molar-refractivity contribution in [3.63, 3.8) is 0 Å². The molecule has 0 unspecified atom stereocenters. The van der Waals surface area contributed by atoms with Gasteiger partial charge in [-0.05, 0) is 35.2 Å². The molecule has 1 aromatic heterocycles. The van der Waals surface area contributed by atoms with E-state index in [1.54, 1.807) is 28.0 Å². The van der Waals surface area contributed by atoms with E-state index in [4.69, 9.17) is 0 Å². The third-order valence-corrected chi connectivity index (χ3v) is 4.74. The highest BCUT2D eigenvalue weighted by atomic mass is 32.1. The molecule has 1 aromatic carbocycles. The molecule has 2 heterocycles. The molecule has 1 aliphatic rings. The van der Waals surface area contributed by atoms with Crippen LogP contribution in [0.5, 0.6) is 0 Å². The molecule has 124 valence electrons. The van der Waals surface area contributed by atoms with Crippen LogP contribution in [0.2, 0.25) is 0 Å². The fraction of sp³-hybridized carbons (Fsp3) is 0.222. The zero-order chi connectivity index (χ0) is 16.9. The van der Waals surface area contributed by atoms with Gasteiger partial charge in [0, 0.05) is 32.3 Å². The highest BCUT2D eigenvalue weighted by molar-refractivity contribution is 7.12. The highest BCUT2D eigenvalue weighted by Gasteiger charge is 2.24. The van der Waals surface area contributed by atoms with Crippen LogP contribution < -0.4 is 0 Å². The lowest BCUT2D eigenvalue weighted by Crippen LogP contribution is -2.50. The number of hydrogen-bond donors (Lipinski definition) is 0. The molecular weight excluding hydrogens is 327 g/mol. The van der Waals surface area contributed by atoms with Gasteiger partial charge in [0.05, 0.1) is 4.88 Å². The first kappa shape index (κ1) is 16.4. The van der Waals surface area contributed by atoms with Gasteiger partial charge < -0.3 is 9.80 Å². The van der Waals surface area contributed by atoms with Crippen LogP contribution in [0.4, 0.5) is 4.39 Å². The molecule has 0 saturated carbocycles. The minimum Gasteiger partial charge on any atom is -0.336 e. The average molecular weight is 344 g/mol. The normalized spacial score (nSPS) is 15.0. The molecule has 0 atom stereocenters. The minimum absolute atomic E-state index is 0.0207. The van der Waals surface area contributed by atoms with E-state index in [9.17, 15) is 14.0 Å². The maximum Gasteiger partial charge on any atom is 0.264 e. The van der Waals surface area contributed by atoms with Gasteiger partial charge >= 0.3 is 0 Å². The monoisotopic (exact) mass is 344 g/mol. The Balaban J connectivity index is 1.54. The lowest BCUT2D eigenvalue weighted by molar-refractivity contribution is -0.127. The molecule has 0 radical (unpaired) electrons. The van der Waals surface area contributed by atoms with Gasteiger partial charge in [-0.15, -0.1) is 11.3 Å². The van der Waals surface area contributed by atoms with E-state index in [0.29, 0.717) is 31.7 Å². The SMILES string of the molecule is O=C(/C=C/c1cccc(F)c1)N1CCN(C(=O)c2cccs2)CC1. The molecule has 1 fully saturated rings. The summed E-state index contributed by atoms with van der Waals surface area (Å²) in [6.45, 7) is 2.05. The lowest BCUT2D eigenvalue weighted by atomic mass is 10.2. The van der Waals surface area contributed by atoms with Crippen molar-refractivity contribution in [3.8, 4) is 0 Å². The Labute approximate surface area is 143 Å². The van der Waals surface area contributed by atoms with Gasteiger partial charge in [-0.1, -0.05) is 18.2 Å². The Morgan fingerprint density at radius 1 is 1.04 bits per heavy atom. The van der Waals surface area contributed by atoms with Crippen LogP contribution in [0.25, 0.3) is 6.08 Å². The van der Waals surface area contributed by atoms with Gasteiger partial charge in [-0.25, -0.2) is 4.39 Å². The van der Waals surface area contributed by atoms with E-state index in [2.05, 4.69) is 0 Å². The first-order chi connectivity index (χ1) is 11.6. The largest absolute Gasteiger partial charge is 0.336 e. The number of halogens is 1. The number of nitrogens with zero attached hydrogens (tertiary/aromatic N) is 2. The number of thiophene rings is 1. The van der Waals surface area contributed by atoms with Gasteiger partial charge in [0.2, 0.25) is 5.91 Å². The summed E-state index contributed by atoms with van der Waals surface area (Å²) in [5.74, 6) is -0.430. The summed E-state index contributed by atoms with van der Waals surface area (Å²) >= 11 is 1.43. The summed E-state index contributed by atoms with van der Waals surface area (Å²) in [5.41, 5.74) is 0.648. The summed E-state index contributed by atoms with van der Waals surface area (Å²) < 4.78 is 13.1. The highest BCUT2D eigenvalue weighted by Crippen LogP contribution is 2.14. The summed E-state index contributed by atoms with van der Waals surface area (Å²) in [6, 6.07) is 9.75. The van der Waals surface area contributed by atoms with Gasteiger partial charge in [-0.3, -0.25) is 9.59 Å². The van der Waals surface area contributed by atoms with E-state index in [1.165, 1.54) is 29.5 Å². The van der Waals surface area contributed by atoms with Crippen LogP contribution in [-0.4, -0.2) is 47.8 Å². The van der Waals surface area contributed by atoms with E-state index in [-0.39, 0.29) is 17.6 Å². The molecule has 0 N–H and O–H groups in total. The van der Waals surface area contributed by atoms with Crippen molar-refractivity contribution < 1.29 is 14.0 Å². The van der Waals surface area contributed by atoms with E-state index in [1.807, 2.05) is 17.5 Å². The van der Waals surface area contributed by atoms with Crippen molar-refractivity contribution in [2.75, 3.05) is 26.2 Å². The minimum atomic E-state index is -0.328. The quantitative estimate of drug-likeness (QED) is 0.804.